The molecular weight excluding hydrogens is 360 g/mol. The molecule has 2 aromatic rings. The lowest BCUT2D eigenvalue weighted by Gasteiger charge is -2.22. The Labute approximate surface area is 162 Å². The third-order valence-corrected chi connectivity index (χ3v) is 5.55. The Balaban J connectivity index is 1.88. The van der Waals surface area contributed by atoms with Gasteiger partial charge >= 0.3 is 0 Å². The van der Waals surface area contributed by atoms with Crippen LogP contribution in [0.2, 0.25) is 0 Å². The number of hydrogen-bond acceptors (Lipinski definition) is 3. The average Bonchev–Trinajstić information content (AvgIpc) is 2.64. The van der Waals surface area contributed by atoms with Crippen LogP contribution in [0.5, 0.6) is 0 Å². The van der Waals surface area contributed by atoms with Crippen molar-refractivity contribution in [3.63, 3.8) is 0 Å². The molecular formula is C21H28N2O3S. The normalized spacial score (nSPS) is 11.2. The molecule has 0 fully saturated rings. The largest absolute Gasteiger partial charge is 0.355 e. The van der Waals surface area contributed by atoms with Crippen LogP contribution >= 0.6 is 0 Å². The highest BCUT2D eigenvalue weighted by atomic mass is 32.2. The molecule has 0 radical (unpaired) electrons. The zero-order valence-corrected chi connectivity index (χ0v) is 17.1. The van der Waals surface area contributed by atoms with E-state index in [9.17, 15) is 13.2 Å². The van der Waals surface area contributed by atoms with Crippen molar-refractivity contribution in [2.45, 2.75) is 33.1 Å². The third-order valence-electron chi connectivity index (χ3n) is 4.41. The summed E-state index contributed by atoms with van der Waals surface area (Å²) >= 11 is 0. The van der Waals surface area contributed by atoms with Crippen LogP contribution in [0.4, 0.5) is 5.69 Å². The van der Waals surface area contributed by atoms with Crippen LogP contribution in [0.1, 0.15) is 30.0 Å². The van der Waals surface area contributed by atoms with Crippen molar-refractivity contribution in [3.8, 4) is 0 Å². The zero-order valence-electron chi connectivity index (χ0n) is 16.2. The summed E-state index contributed by atoms with van der Waals surface area (Å²) in [5.41, 5.74) is 4.07. The van der Waals surface area contributed by atoms with E-state index in [4.69, 9.17) is 0 Å². The predicted octanol–water partition coefficient (Wildman–Crippen LogP) is 3.07. The number of nitrogens with one attached hydrogen (secondary N) is 1. The van der Waals surface area contributed by atoms with Gasteiger partial charge in [0.15, 0.2) is 0 Å². The Morgan fingerprint density at radius 3 is 2.15 bits per heavy atom. The molecule has 1 N–H and O–H groups in total. The van der Waals surface area contributed by atoms with Gasteiger partial charge in [-0.15, -0.1) is 0 Å². The molecule has 2 aromatic carbocycles. The summed E-state index contributed by atoms with van der Waals surface area (Å²) in [6.45, 7) is 4.38. The van der Waals surface area contributed by atoms with Gasteiger partial charge in [0, 0.05) is 6.54 Å². The summed E-state index contributed by atoms with van der Waals surface area (Å²) < 4.78 is 25.4. The van der Waals surface area contributed by atoms with Gasteiger partial charge in [0.1, 0.15) is 6.54 Å². The quantitative estimate of drug-likeness (QED) is 0.672. The number of benzene rings is 2. The fourth-order valence-electron chi connectivity index (χ4n) is 2.76. The van der Waals surface area contributed by atoms with Gasteiger partial charge in [-0.25, -0.2) is 8.42 Å². The monoisotopic (exact) mass is 388 g/mol. The lowest BCUT2D eigenvalue weighted by molar-refractivity contribution is -0.119. The van der Waals surface area contributed by atoms with E-state index in [1.54, 1.807) is 12.1 Å². The Morgan fingerprint density at radius 1 is 1.00 bits per heavy atom. The van der Waals surface area contributed by atoms with Crippen LogP contribution in [0.25, 0.3) is 0 Å². The topological polar surface area (TPSA) is 66.5 Å². The number of amides is 1. The van der Waals surface area contributed by atoms with Crippen LogP contribution in [0, 0.1) is 6.92 Å². The minimum absolute atomic E-state index is 0.213. The molecule has 146 valence electrons. The molecule has 0 saturated heterocycles. The van der Waals surface area contributed by atoms with Gasteiger partial charge < -0.3 is 5.32 Å². The maximum Gasteiger partial charge on any atom is 0.240 e. The Bertz CT molecular complexity index is 844. The summed E-state index contributed by atoms with van der Waals surface area (Å²) in [5.74, 6) is -0.302. The summed E-state index contributed by atoms with van der Waals surface area (Å²) in [4.78, 5) is 12.2. The summed E-state index contributed by atoms with van der Waals surface area (Å²) in [7, 11) is -3.54. The predicted molar refractivity (Wildman–Crippen MR) is 111 cm³/mol. The van der Waals surface area contributed by atoms with E-state index in [2.05, 4.69) is 29.6 Å². The van der Waals surface area contributed by atoms with Crippen LogP contribution in [0.3, 0.4) is 0 Å². The average molecular weight is 389 g/mol. The minimum Gasteiger partial charge on any atom is -0.355 e. The first-order chi connectivity index (χ1) is 12.8. The molecule has 0 aliphatic rings. The van der Waals surface area contributed by atoms with Gasteiger partial charge in [-0.2, -0.15) is 0 Å². The molecule has 0 spiro atoms. The molecule has 0 aliphatic carbocycles. The maximum atomic E-state index is 12.2. The summed E-state index contributed by atoms with van der Waals surface area (Å²) in [6.07, 6.45) is 3.67. The first-order valence-corrected chi connectivity index (χ1v) is 11.0. The first kappa shape index (κ1) is 21.0. The highest BCUT2D eigenvalue weighted by Crippen LogP contribution is 2.18. The van der Waals surface area contributed by atoms with E-state index >= 15 is 0 Å². The van der Waals surface area contributed by atoms with E-state index < -0.39 is 10.0 Å². The van der Waals surface area contributed by atoms with Crippen molar-refractivity contribution in [3.05, 3.63) is 65.2 Å². The third kappa shape index (κ3) is 6.71. The maximum absolute atomic E-state index is 12.2. The molecule has 0 atom stereocenters. The van der Waals surface area contributed by atoms with Gasteiger partial charge in [-0.1, -0.05) is 48.9 Å². The van der Waals surface area contributed by atoms with Crippen molar-refractivity contribution in [2.75, 3.05) is 23.7 Å². The lowest BCUT2D eigenvalue weighted by Crippen LogP contribution is -2.40. The number of hydrogen-bond donors (Lipinski definition) is 1. The number of aryl methyl sites for hydroxylation is 3. The molecule has 0 aliphatic heterocycles. The smallest absolute Gasteiger partial charge is 0.240 e. The molecule has 0 aromatic heterocycles. The van der Waals surface area contributed by atoms with E-state index in [1.165, 1.54) is 11.1 Å². The molecule has 27 heavy (non-hydrogen) atoms. The Morgan fingerprint density at radius 2 is 1.59 bits per heavy atom. The molecule has 1 amide bonds. The standard InChI is InChI=1S/C21H28N2O3S/c1-4-18-11-13-20(14-12-18)23(27(3,25)26)16-21(24)22-15-5-6-19-9-7-17(2)8-10-19/h7-14H,4-6,15-16H2,1-3H3,(H,22,24). The Hall–Kier alpha value is -2.34. The van der Waals surface area contributed by atoms with Crippen molar-refractivity contribution >= 4 is 21.6 Å². The molecule has 6 heteroatoms. The minimum atomic E-state index is -3.54. The number of nitrogens with zero attached hydrogens (tertiary/aromatic N) is 1. The SMILES string of the molecule is CCc1ccc(N(CC(=O)NCCCc2ccc(C)cc2)S(C)(=O)=O)cc1. The fourth-order valence-corrected chi connectivity index (χ4v) is 3.62. The first-order valence-electron chi connectivity index (χ1n) is 9.18. The van der Waals surface area contributed by atoms with Crippen LogP contribution in [-0.2, 0) is 27.7 Å². The molecule has 5 nitrogen and oxygen atoms in total. The van der Waals surface area contributed by atoms with E-state index in [-0.39, 0.29) is 12.5 Å². The molecule has 2 rings (SSSR count). The van der Waals surface area contributed by atoms with Crippen LogP contribution < -0.4 is 9.62 Å². The number of carbonyl (C=O) groups is 1. The Kier molecular flexibility index (Phi) is 7.42. The van der Waals surface area contributed by atoms with Gasteiger partial charge in [0.25, 0.3) is 0 Å². The number of sulfonamides is 1. The van der Waals surface area contributed by atoms with Crippen molar-refractivity contribution < 1.29 is 13.2 Å². The summed E-state index contributed by atoms with van der Waals surface area (Å²) in [5, 5.41) is 2.81. The second-order valence-corrected chi connectivity index (χ2v) is 8.64. The van der Waals surface area contributed by atoms with Crippen LogP contribution in [-0.4, -0.2) is 33.7 Å². The molecule has 0 saturated carbocycles. The highest BCUT2D eigenvalue weighted by Gasteiger charge is 2.20. The second kappa shape index (κ2) is 9.55. The van der Waals surface area contributed by atoms with E-state index in [0.717, 1.165) is 35.4 Å². The van der Waals surface area contributed by atoms with E-state index in [0.29, 0.717) is 12.2 Å². The number of carbonyl (C=O) groups excluding carboxylic acids is 1. The highest BCUT2D eigenvalue weighted by molar-refractivity contribution is 7.92. The lowest BCUT2D eigenvalue weighted by atomic mass is 10.1. The van der Waals surface area contributed by atoms with Crippen molar-refractivity contribution in [1.29, 1.82) is 0 Å². The molecule has 0 heterocycles. The molecule has 0 bridgehead atoms. The second-order valence-electron chi connectivity index (χ2n) is 6.73. The van der Waals surface area contributed by atoms with Gasteiger partial charge in [-0.05, 0) is 49.4 Å². The van der Waals surface area contributed by atoms with Gasteiger partial charge in [-0.3, -0.25) is 9.10 Å². The fraction of sp³-hybridized carbons (Fsp3) is 0.381. The van der Waals surface area contributed by atoms with Gasteiger partial charge in [0.05, 0.1) is 11.9 Å². The van der Waals surface area contributed by atoms with Crippen LogP contribution in [0.15, 0.2) is 48.5 Å². The summed E-state index contributed by atoms with van der Waals surface area (Å²) in [6, 6.07) is 15.6. The number of anilines is 1. The molecule has 0 unspecified atom stereocenters. The van der Waals surface area contributed by atoms with E-state index in [1.807, 2.05) is 26.0 Å². The van der Waals surface area contributed by atoms with Gasteiger partial charge in [0.2, 0.25) is 15.9 Å². The van der Waals surface area contributed by atoms with Crippen molar-refractivity contribution in [1.82, 2.24) is 5.32 Å². The zero-order chi connectivity index (χ0) is 19.9. The number of rotatable bonds is 9. The van der Waals surface area contributed by atoms with Crippen molar-refractivity contribution in [2.24, 2.45) is 0 Å².